The van der Waals surface area contributed by atoms with Crippen LogP contribution in [0.2, 0.25) is 0 Å². The molecule has 1 heterocycles. The second-order valence-corrected chi connectivity index (χ2v) is 5.16. The number of aryl methyl sites for hydroxylation is 1. The van der Waals surface area contributed by atoms with Gasteiger partial charge >= 0.3 is 0 Å². The van der Waals surface area contributed by atoms with E-state index < -0.39 is 0 Å². The molecule has 1 aliphatic rings. The molecule has 108 valence electrons. The van der Waals surface area contributed by atoms with Gasteiger partial charge in [0.2, 0.25) is 0 Å². The van der Waals surface area contributed by atoms with Gasteiger partial charge < -0.3 is 4.74 Å². The summed E-state index contributed by atoms with van der Waals surface area (Å²) >= 11 is 0. The van der Waals surface area contributed by atoms with Crippen molar-refractivity contribution >= 4 is 16.5 Å². The summed E-state index contributed by atoms with van der Waals surface area (Å²) in [7, 11) is 1.60. The summed E-state index contributed by atoms with van der Waals surface area (Å²) in [6.45, 7) is 2.07. The topological polar surface area (TPSA) is 31.2 Å². The number of hydrogen-bond acceptors (Lipinski definition) is 2. The molecule has 0 N–H and O–H groups in total. The number of fused-ring (bicyclic) bond motifs is 1. The molecule has 1 aromatic heterocycles. The lowest BCUT2D eigenvalue weighted by molar-refractivity contribution is 0.419. The van der Waals surface area contributed by atoms with Crippen LogP contribution in [0.15, 0.2) is 47.3 Å². The summed E-state index contributed by atoms with van der Waals surface area (Å²) < 4.78 is 7.19. The number of rotatable bonds is 3. The van der Waals surface area contributed by atoms with Crippen molar-refractivity contribution in [1.29, 1.82) is 0 Å². The van der Waals surface area contributed by atoms with Crippen LogP contribution >= 0.6 is 0 Å². The van der Waals surface area contributed by atoms with Crippen LogP contribution in [0.3, 0.4) is 0 Å². The average molecular weight is 281 g/mol. The van der Waals surface area contributed by atoms with E-state index >= 15 is 0 Å². The highest BCUT2D eigenvalue weighted by Crippen LogP contribution is 2.25. The van der Waals surface area contributed by atoms with Gasteiger partial charge in [0.25, 0.3) is 5.56 Å². The lowest BCUT2D eigenvalue weighted by atomic mass is 10.1. The third kappa shape index (κ3) is 2.29. The zero-order chi connectivity index (χ0) is 14.8. The Morgan fingerprint density at radius 1 is 1.29 bits per heavy atom. The minimum Gasteiger partial charge on any atom is -0.496 e. The van der Waals surface area contributed by atoms with Crippen molar-refractivity contribution in [3.63, 3.8) is 0 Å². The third-order valence-corrected chi connectivity index (χ3v) is 3.90. The average Bonchev–Trinajstić information content (AvgIpc) is 2.54. The molecule has 1 aliphatic carbocycles. The molecule has 3 heteroatoms. The molecule has 0 saturated heterocycles. The first-order valence-electron chi connectivity index (χ1n) is 7.35. The fraction of sp³-hybridized carbons (Fsp3) is 0.278. The fourth-order valence-corrected chi connectivity index (χ4v) is 2.86. The van der Waals surface area contributed by atoms with E-state index in [0.29, 0.717) is 11.1 Å². The zero-order valence-electron chi connectivity index (χ0n) is 12.4. The van der Waals surface area contributed by atoms with Crippen molar-refractivity contribution < 1.29 is 4.74 Å². The largest absolute Gasteiger partial charge is 0.496 e. The quantitative estimate of drug-likeness (QED) is 0.857. The molecule has 0 bridgehead atoms. The smallest absolute Gasteiger partial charge is 0.266 e. The second kappa shape index (κ2) is 5.60. The number of allylic oxidation sites excluding steroid dienone is 4. The van der Waals surface area contributed by atoms with Crippen LogP contribution in [0.5, 0.6) is 5.75 Å². The minimum atomic E-state index is -0.000370. The van der Waals surface area contributed by atoms with Gasteiger partial charge in [-0.05, 0) is 42.9 Å². The van der Waals surface area contributed by atoms with Crippen molar-refractivity contribution in [2.45, 2.75) is 26.2 Å². The second-order valence-electron chi connectivity index (χ2n) is 5.16. The number of pyridine rings is 1. The SMILES string of the molecule is CCc1cc2cccc(OC)c2c(=O)n1C1=CCCC=C1. The Kier molecular flexibility index (Phi) is 3.65. The fourth-order valence-electron chi connectivity index (χ4n) is 2.86. The van der Waals surface area contributed by atoms with E-state index in [0.717, 1.165) is 36.0 Å². The highest BCUT2D eigenvalue weighted by atomic mass is 16.5. The molecule has 3 nitrogen and oxygen atoms in total. The van der Waals surface area contributed by atoms with Gasteiger partial charge in [-0.15, -0.1) is 0 Å². The Hall–Kier alpha value is -2.29. The van der Waals surface area contributed by atoms with E-state index in [4.69, 9.17) is 4.74 Å². The maximum atomic E-state index is 13.0. The number of methoxy groups -OCH3 is 1. The first-order chi connectivity index (χ1) is 10.3. The molecule has 0 saturated carbocycles. The predicted octanol–water partition coefficient (Wildman–Crippen LogP) is 3.76. The predicted molar refractivity (Wildman–Crippen MR) is 86.8 cm³/mol. The lowest BCUT2D eigenvalue weighted by Crippen LogP contribution is -2.23. The van der Waals surface area contributed by atoms with Gasteiger partial charge in [-0.2, -0.15) is 0 Å². The summed E-state index contributed by atoms with van der Waals surface area (Å²) in [5.41, 5.74) is 1.99. The minimum absolute atomic E-state index is 0.000370. The number of benzene rings is 1. The molecule has 0 unspecified atom stereocenters. The molecule has 3 rings (SSSR count). The van der Waals surface area contributed by atoms with Gasteiger partial charge in [-0.3, -0.25) is 9.36 Å². The Bertz CT molecular complexity index is 797. The van der Waals surface area contributed by atoms with Gasteiger partial charge in [-0.1, -0.05) is 31.2 Å². The summed E-state index contributed by atoms with van der Waals surface area (Å²) in [5.74, 6) is 0.634. The monoisotopic (exact) mass is 281 g/mol. The van der Waals surface area contributed by atoms with E-state index in [2.05, 4.69) is 25.1 Å². The van der Waals surface area contributed by atoms with Crippen molar-refractivity contribution in [2.75, 3.05) is 7.11 Å². The number of ether oxygens (including phenoxy) is 1. The summed E-state index contributed by atoms with van der Waals surface area (Å²) in [4.78, 5) is 13.0. The number of aromatic nitrogens is 1. The van der Waals surface area contributed by atoms with Gasteiger partial charge in [0.05, 0.1) is 12.5 Å². The van der Waals surface area contributed by atoms with E-state index in [1.54, 1.807) is 7.11 Å². The van der Waals surface area contributed by atoms with Gasteiger partial charge in [0.15, 0.2) is 0 Å². The van der Waals surface area contributed by atoms with E-state index in [1.165, 1.54) is 0 Å². The third-order valence-electron chi connectivity index (χ3n) is 3.90. The first-order valence-corrected chi connectivity index (χ1v) is 7.35. The van der Waals surface area contributed by atoms with Crippen LogP contribution in [0, 0.1) is 0 Å². The Morgan fingerprint density at radius 2 is 2.14 bits per heavy atom. The molecule has 0 amide bonds. The van der Waals surface area contributed by atoms with E-state index in [1.807, 2.05) is 28.8 Å². The molecule has 0 radical (unpaired) electrons. The molecule has 1 aromatic carbocycles. The molecule has 0 atom stereocenters. The summed E-state index contributed by atoms with van der Waals surface area (Å²) in [5, 5.41) is 1.59. The molecule has 0 spiro atoms. The molecule has 21 heavy (non-hydrogen) atoms. The van der Waals surface area contributed by atoms with Crippen molar-refractivity contribution in [3.8, 4) is 5.75 Å². The van der Waals surface area contributed by atoms with Gasteiger partial charge in [-0.25, -0.2) is 0 Å². The molecule has 0 fully saturated rings. The van der Waals surface area contributed by atoms with Crippen LogP contribution < -0.4 is 10.3 Å². The molecular formula is C18H19NO2. The van der Waals surface area contributed by atoms with Crippen LogP contribution in [-0.2, 0) is 6.42 Å². The maximum absolute atomic E-state index is 13.0. The Balaban J connectivity index is 2.37. The first kappa shape index (κ1) is 13.7. The Morgan fingerprint density at radius 3 is 2.81 bits per heavy atom. The lowest BCUT2D eigenvalue weighted by Gasteiger charge is -2.17. The van der Waals surface area contributed by atoms with Gasteiger partial charge in [0, 0.05) is 11.4 Å². The van der Waals surface area contributed by atoms with Crippen molar-refractivity contribution in [2.24, 2.45) is 0 Å². The van der Waals surface area contributed by atoms with Crippen LogP contribution in [0.4, 0.5) is 0 Å². The standard InChI is InChI=1S/C18H19NO2/c1-3-14-12-13-8-7-11-16(21-2)17(13)18(20)19(14)15-9-5-4-6-10-15/h5,7-12H,3-4,6H2,1-2H3. The Labute approximate surface area is 124 Å². The number of nitrogens with zero attached hydrogens (tertiary/aromatic N) is 1. The van der Waals surface area contributed by atoms with E-state index in [-0.39, 0.29) is 5.56 Å². The number of hydrogen-bond donors (Lipinski definition) is 0. The van der Waals surface area contributed by atoms with Crippen LogP contribution in [0.25, 0.3) is 16.5 Å². The molecule has 2 aromatic rings. The maximum Gasteiger partial charge on any atom is 0.266 e. The van der Waals surface area contributed by atoms with Crippen molar-refractivity contribution in [1.82, 2.24) is 4.57 Å². The normalized spacial score (nSPS) is 14.3. The highest BCUT2D eigenvalue weighted by molar-refractivity contribution is 5.88. The highest BCUT2D eigenvalue weighted by Gasteiger charge is 2.14. The molecule has 0 aliphatic heterocycles. The summed E-state index contributed by atoms with van der Waals surface area (Å²) in [6.07, 6.45) is 9.11. The van der Waals surface area contributed by atoms with Gasteiger partial charge in [0.1, 0.15) is 5.75 Å². The van der Waals surface area contributed by atoms with E-state index in [9.17, 15) is 4.79 Å². The summed E-state index contributed by atoms with van der Waals surface area (Å²) in [6, 6.07) is 7.81. The zero-order valence-corrected chi connectivity index (χ0v) is 12.4. The van der Waals surface area contributed by atoms with Crippen molar-refractivity contribution in [3.05, 3.63) is 58.5 Å². The molecular weight excluding hydrogens is 262 g/mol. The van der Waals surface area contributed by atoms with Crippen LogP contribution in [0.1, 0.15) is 25.5 Å². The van der Waals surface area contributed by atoms with Crippen LogP contribution in [-0.4, -0.2) is 11.7 Å².